The van der Waals surface area contributed by atoms with Crippen LogP contribution in [0.3, 0.4) is 0 Å². The minimum absolute atomic E-state index is 0. The molecular formula is C4H5NaO3. The monoisotopic (exact) mass is 124 g/mol. The van der Waals surface area contributed by atoms with Gasteiger partial charge < -0.3 is 4.74 Å². The maximum absolute atomic E-state index is 10.0. The van der Waals surface area contributed by atoms with Gasteiger partial charge in [-0.2, -0.15) is 0 Å². The van der Waals surface area contributed by atoms with Crippen molar-refractivity contribution in [3.63, 3.8) is 0 Å². The molecule has 0 radical (unpaired) electrons. The van der Waals surface area contributed by atoms with Crippen molar-refractivity contribution in [1.29, 1.82) is 0 Å². The molecule has 1 heterocycles. The normalized spacial score (nSPS) is 17.5. The van der Waals surface area contributed by atoms with Gasteiger partial charge in [0.15, 0.2) is 0 Å². The van der Waals surface area contributed by atoms with Crippen LogP contribution in [0.2, 0.25) is 0 Å². The van der Waals surface area contributed by atoms with E-state index in [2.05, 4.69) is 4.74 Å². The summed E-state index contributed by atoms with van der Waals surface area (Å²) in [7, 11) is 0. The summed E-state index contributed by atoms with van der Waals surface area (Å²) >= 11 is 0. The van der Waals surface area contributed by atoms with E-state index < -0.39 is 11.9 Å². The van der Waals surface area contributed by atoms with Gasteiger partial charge in [-0.05, 0) is 0 Å². The molecule has 0 N–H and O–H groups in total. The summed E-state index contributed by atoms with van der Waals surface area (Å²) in [5.74, 6) is -0.796. The second-order valence-electron chi connectivity index (χ2n) is 1.35. The molecular weight excluding hydrogens is 119 g/mol. The first-order chi connectivity index (χ1) is 3.29. The molecule has 0 aromatic rings. The van der Waals surface area contributed by atoms with Crippen LogP contribution in [-0.4, -0.2) is 41.5 Å². The van der Waals surface area contributed by atoms with Crippen LogP contribution in [0.1, 0.15) is 12.8 Å². The molecule has 1 saturated heterocycles. The Balaban J connectivity index is 0.000000490. The van der Waals surface area contributed by atoms with E-state index in [0.29, 0.717) is 0 Å². The van der Waals surface area contributed by atoms with Crippen LogP contribution in [0.15, 0.2) is 0 Å². The molecule has 0 saturated carbocycles. The Morgan fingerprint density at radius 1 is 1.12 bits per heavy atom. The second kappa shape index (κ2) is 3.22. The number of ether oxygens (including phenoxy) is 1. The van der Waals surface area contributed by atoms with Crippen molar-refractivity contribution in [3.05, 3.63) is 0 Å². The molecule has 0 amide bonds. The molecule has 0 spiro atoms. The van der Waals surface area contributed by atoms with Gasteiger partial charge in [0.2, 0.25) is 0 Å². The summed E-state index contributed by atoms with van der Waals surface area (Å²) in [5, 5.41) is 0. The summed E-state index contributed by atoms with van der Waals surface area (Å²) < 4.78 is 4.08. The van der Waals surface area contributed by atoms with E-state index in [1.165, 1.54) is 0 Å². The van der Waals surface area contributed by atoms with E-state index in [1.54, 1.807) is 0 Å². The van der Waals surface area contributed by atoms with Crippen LogP contribution in [0.25, 0.3) is 0 Å². The third-order valence-corrected chi connectivity index (χ3v) is 0.761. The van der Waals surface area contributed by atoms with Crippen molar-refractivity contribution in [2.75, 3.05) is 0 Å². The van der Waals surface area contributed by atoms with E-state index in [1.807, 2.05) is 0 Å². The zero-order chi connectivity index (χ0) is 5.28. The number of rotatable bonds is 0. The second-order valence-corrected chi connectivity index (χ2v) is 1.35. The molecule has 1 fully saturated rings. The molecule has 0 unspecified atom stereocenters. The molecule has 4 heteroatoms. The van der Waals surface area contributed by atoms with E-state index in [0.717, 1.165) is 0 Å². The quantitative estimate of drug-likeness (QED) is 0.241. The number of cyclic esters (lactones) is 2. The Bertz CT molecular complexity index is 106. The van der Waals surface area contributed by atoms with E-state index in [-0.39, 0.29) is 42.4 Å². The number of carbonyl (C=O) groups excluding carboxylic acids is 2. The number of carbonyl (C=O) groups is 2. The van der Waals surface area contributed by atoms with Gasteiger partial charge >= 0.3 is 41.5 Å². The predicted octanol–water partition coefficient (Wildman–Crippen LogP) is -0.799. The van der Waals surface area contributed by atoms with E-state index >= 15 is 0 Å². The Morgan fingerprint density at radius 3 is 1.62 bits per heavy atom. The zero-order valence-electron chi connectivity index (χ0n) is 3.64. The Morgan fingerprint density at radius 2 is 1.50 bits per heavy atom. The van der Waals surface area contributed by atoms with Gasteiger partial charge in [-0.25, -0.2) is 0 Å². The van der Waals surface area contributed by atoms with Gasteiger partial charge in [0.05, 0.1) is 12.8 Å². The summed E-state index contributed by atoms with van der Waals surface area (Å²) in [5.41, 5.74) is 0. The van der Waals surface area contributed by atoms with E-state index in [9.17, 15) is 9.59 Å². The molecule has 0 aromatic heterocycles. The van der Waals surface area contributed by atoms with E-state index in [4.69, 9.17) is 0 Å². The SMILES string of the molecule is O=C1CCC(=O)O1.[NaH]. The van der Waals surface area contributed by atoms with Gasteiger partial charge in [0.25, 0.3) is 0 Å². The summed E-state index contributed by atoms with van der Waals surface area (Å²) in [6.45, 7) is 0. The molecule has 0 bridgehead atoms. The average molecular weight is 124 g/mol. The molecule has 0 atom stereocenters. The fourth-order valence-corrected chi connectivity index (χ4v) is 0.433. The summed E-state index contributed by atoms with van der Waals surface area (Å²) in [4.78, 5) is 20.0. The van der Waals surface area contributed by atoms with Crippen molar-refractivity contribution in [1.82, 2.24) is 0 Å². The minimum atomic E-state index is -0.398. The number of hydrogen-bond acceptors (Lipinski definition) is 3. The summed E-state index contributed by atoms with van der Waals surface area (Å²) in [6, 6.07) is 0. The summed E-state index contributed by atoms with van der Waals surface area (Å²) in [6.07, 6.45) is 0.525. The molecule has 3 nitrogen and oxygen atoms in total. The van der Waals surface area contributed by atoms with Gasteiger partial charge in [0.1, 0.15) is 0 Å². The van der Waals surface area contributed by atoms with Crippen molar-refractivity contribution < 1.29 is 14.3 Å². The molecule has 1 rings (SSSR count). The van der Waals surface area contributed by atoms with Crippen molar-refractivity contribution >= 4 is 41.5 Å². The average Bonchev–Trinajstić information content (AvgIpc) is 1.87. The maximum atomic E-state index is 10.0. The number of esters is 2. The van der Waals surface area contributed by atoms with Crippen LogP contribution in [0.5, 0.6) is 0 Å². The van der Waals surface area contributed by atoms with Gasteiger partial charge in [-0.15, -0.1) is 0 Å². The van der Waals surface area contributed by atoms with Gasteiger partial charge in [-0.1, -0.05) is 0 Å². The first-order valence-corrected chi connectivity index (χ1v) is 2.02. The Labute approximate surface area is 68.7 Å². The fraction of sp³-hybridized carbons (Fsp3) is 0.500. The van der Waals surface area contributed by atoms with Crippen LogP contribution >= 0.6 is 0 Å². The fourth-order valence-electron chi connectivity index (χ4n) is 0.433. The van der Waals surface area contributed by atoms with Crippen LogP contribution in [0.4, 0.5) is 0 Å². The predicted molar refractivity (Wildman–Crippen MR) is 27.5 cm³/mol. The topological polar surface area (TPSA) is 43.4 Å². The van der Waals surface area contributed by atoms with Gasteiger partial charge in [0, 0.05) is 0 Å². The van der Waals surface area contributed by atoms with Crippen LogP contribution < -0.4 is 0 Å². The number of hydrogen-bond donors (Lipinski definition) is 0. The third-order valence-electron chi connectivity index (χ3n) is 0.761. The van der Waals surface area contributed by atoms with Crippen molar-refractivity contribution in [2.24, 2.45) is 0 Å². The molecule has 40 valence electrons. The first kappa shape index (κ1) is 8.14. The standard InChI is InChI=1S/C4H4O3.Na.H/c5-3-1-2-4(6)7-3;;/h1-2H2;;. The van der Waals surface area contributed by atoms with Crippen molar-refractivity contribution in [2.45, 2.75) is 12.8 Å². The van der Waals surface area contributed by atoms with Crippen molar-refractivity contribution in [3.8, 4) is 0 Å². The zero-order valence-corrected chi connectivity index (χ0v) is 3.64. The van der Waals surface area contributed by atoms with Crippen LogP contribution in [-0.2, 0) is 14.3 Å². The molecule has 8 heavy (non-hydrogen) atoms. The molecule has 0 aromatic carbocycles. The first-order valence-electron chi connectivity index (χ1n) is 2.02. The van der Waals surface area contributed by atoms with Gasteiger partial charge in [-0.3, -0.25) is 9.59 Å². The molecule has 1 aliphatic heterocycles. The Kier molecular flexibility index (Phi) is 3.28. The Hall–Kier alpha value is 0.140. The van der Waals surface area contributed by atoms with Crippen LogP contribution in [0, 0.1) is 0 Å². The molecule has 0 aliphatic carbocycles. The molecule has 1 aliphatic rings. The third kappa shape index (κ3) is 1.94.